The molecule has 3 rings (SSSR count). The molecule has 1 unspecified atom stereocenters. The van der Waals surface area contributed by atoms with E-state index in [1.165, 1.54) is 6.26 Å². The number of carbonyl (C=O) groups is 1. The van der Waals surface area contributed by atoms with Gasteiger partial charge in [-0.3, -0.25) is 4.79 Å². The molecule has 162 valence electrons. The van der Waals surface area contributed by atoms with Crippen LogP contribution < -0.4 is 16.0 Å². The van der Waals surface area contributed by atoms with E-state index in [1.54, 1.807) is 12.1 Å². The van der Waals surface area contributed by atoms with Gasteiger partial charge < -0.3 is 29.8 Å². The third-order valence-corrected chi connectivity index (χ3v) is 4.58. The fraction of sp³-hybridized carbons (Fsp3) is 0.455. The average Bonchev–Trinajstić information content (AvgIpc) is 3.47. The fourth-order valence-electron chi connectivity index (χ4n) is 2.98. The number of hydrogen-bond acceptors (Lipinski definition) is 5. The monoisotopic (exact) mass is 414 g/mol. The van der Waals surface area contributed by atoms with Crippen LogP contribution in [0.1, 0.15) is 35.9 Å². The third-order valence-electron chi connectivity index (χ3n) is 4.58. The fourth-order valence-corrected chi connectivity index (χ4v) is 2.98. The van der Waals surface area contributed by atoms with Crippen LogP contribution in [0.25, 0.3) is 0 Å². The summed E-state index contributed by atoms with van der Waals surface area (Å²) in [5, 5.41) is 9.38. The van der Waals surface area contributed by atoms with Gasteiger partial charge >= 0.3 is 0 Å². The molecule has 2 aromatic rings. The minimum absolute atomic E-state index is 0.249. The molecule has 8 heteroatoms. The molecule has 1 fully saturated rings. The van der Waals surface area contributed by atoms with Crippen LogP contribution in [0.2, 0.25) is 0 Å². The van der Waals surface area contributed by atoms with E-state index >= 15 is 0 Å². The maximum absolute atomic E-state index is 12.0. The molecule has 1 aliphatic rings. The summed E-state index contributed by atoms with van der Waals surface area (Å²) in [6.45, 7) is 6.39. The number of anilines is 1. The number of hydrogen-bond donors (Lipinski definition) is 3. The number of ether oxygens (including phenoxy) is 2. The second-order valence-electron chi connectivity index (χ2n) is 6.96. The van der Waals surface area contributed by atoms with Gasteiger partial charge in [-0.25, -0.2) is 4.99 Å². The van der Waals surface area contributed by atoms with Crippen molar-refractivity contribution in [2.75, 3.05) is 38.2 Å². The zero-order chi connectivity index (χ0) is 21.0. The molecule has 2 heterocycles. The first-order chi connectivity index (χ1) is 14.7. The smallest absolute Gasteiger partial charge is 0.291 e. The van der Waals surface area contributed by atoms with Crippen molar-refractivity contribution in [2.45, 2.75) is 32.4 Å². The molecule has 0 aliphatic carbocycles. The van der Waals surface area contributed by atoms with Crippen LogP contribution in [-0.4, -0.2) is 50.9 Å². The highest BCUT2D eigenvalue weighted by molar-refractivity contribution is 6.02. The van der Waals surface area contributed by atoms with Crippen LogP contribution in [0.4, 0.5) is 5.69 Å². The van der Waals surface area contributed by atoms with Gasteiger partial charge in [0.2, 0.25) is 0 Å². The zero-order valence-corrected chi connectivity index (χ0v) is 17.4. The van der Waals surface area contributed by atoms with Crippen molar-refractivity contribution in [3.63, 3.8) is 0 Å². The second kappa shape index (κ2) is 12.0. The van der Waals surface area contributed by atoms with Crippen LogP contribution in [0.3, 0.4) is 0 Å². The molecular formula is C22H30N4O4. The van der Waals surface area contributed by atoms with Crippen molar-refractivity contribution < 1.29 is 18.7 Å². The van der Waals surface area contributed by atoms with Gasteiger partial charge in [0.15, 0.2) is 11.7 Å². The maximum atomic E-state index is 12.0. The van der Waals surface area contributed by atoms with Gasteiger partial charge in [0.05, 0.1) is 25.5 Å². The van der Waals surface area contributed by atoms with Crippen LogP contribution >= 0.6 is 0 Å². The molecule has 8 nitrogen and oxygen atoms in total. The first-order valence-corrected chi connectivity index (χ1v) is 10.4. The van der Waals surface area contributed by atoms with Crippen molar-refractivity contribution in [1.29, 1.82) is 0 Å². The average molecular weight is 415 g/mol. The Morgan fingerprint density at radius 2 is 2.10 bits per heavy atom. The lowest BCUT2D eigenvalue weighted by atomic mass is 10.2. The number of rotatable bonds is 10. The van der Waals surface area contributed by atoms with Gasteiger partial charge in [-0.2, -0.15) is 0 Å². The van der Waals surface area contributed by atoms with Gasteiger partial charge in [0.25, 0.3) is 5.91 Å². The number of guanidine groups is 1. The molecular weight excluding hydrogens is 384 g/mol. The molecule has 3 N–H and O–H groups in total. The van der Waals surface area contributed by atoms with E-state index < -0.39 is 0 Å². The quantitative estimate of drug-likeness (QED) is 0.314. The van der Waals surface area contributed by atoms with E-state index in [0.29, 0.717) is 25.4 Å². The van der Waals surface area contributed by atoms with Gasteiger partial charge in [-0.1, -0.05) is 12.1 Å². The first kappa shape index (κ1) is 21.9. The van der Waals surface area contributed by atoms with Crippen LogP contribution in [0.5, 0.6) is 0 Å². The minimum atomic E-state index is -0.270. The number of amides is 1. The van der Waals surface area contributed by atoms with Crippen molar-refractivity contribution >= 4 is 17.6 Å². The summed E-state index contributed by atoms with van der Waals surface area (Å²) in [6, 6.07) is 10.9. The van der Waals surface area contributed by atoms with E-state index in [4.69, 9.17) is 13.9 Å². The van der Waals surface area contributed by atoms with Gasteiger partial charge in [-0.15, -0.1) is 0 Å². The van der Waals surface area contributed by atoms with Crippen molar-refractivity contribution in [2.24, 2.45) is 4.99 Å². The Balaban J connectivity index is 1.41. The van der Waals surface area contributed by atoms with Crippen LogP contribution in [0.15, 0.2) is 52.1 Å². The number of carbonyl (C=O) groups excluding carboxylic acids is 1. The number of nitrogens with zero attached hydrogens (tertiary/aromatic N) is 1. The molecule has 1 aliphatic heterocycles. The number of aliphatic imine (C=N–C) groups is 1. The highest BCUT2D eigenvalue weighted by atomic mass is 16.5. The molecule has 0 saturated carbocycles. The molecule has 1 atom stereocenters. The molecule has 30 heavy (non-hydrogen) atoms. The van der Waals surface area contributed by atoms with E-state index in [0.717, 1.165) is 44.1 Å². The summed E-state index contributed by atoms with van der Waals surface area (Å²) in [5.74, 6) is 0.790. The number of nitrogens with one attached hydrogen (secondary N) is 3. The Bertz CT molecular complexity index is 784. The van der Waals surface area contributed by atoms with E-state index in [1.807, 2.05) is 31.2 Å². The van der Waals surface area contributed by atoms with Crippen LogP contribution in [0, 0.1) is 0 Å². The summed E-state index contributed by atoms with van der Waals surface area (Å²) >= 11 is 0. The largest absolute Gasteiger partial charge is 0.459 e. The SMILES string of the molecule is CCNC(=NCc1ccc(NC(=O)c2ccco2)cc1)NCCCOC1CCOC1. The van der Waals surface area contributed by atoms with Crippen LogP contribution in [-0.2, 0) is 16.0 Å². The molecule has 0 bridgehead atoms. The maximum Gasteiger partial charge on any atom is 0.291 e. The molecule has 1 aromatic heterocycles. The second-order valence-corrected chi connectivity index (χ2v) is 6.96. The Kier molecular flexibility index (Phi) is 8.74. The lowest BCUT2D eigenvalue weighted by Gasteiger charge is -2.13. The highest BCUT2D eigenvalue weighted by Crippen LogP contribution is 2.12. The summed E-state index contributed by atoms with van der Waals surface area (Å²) in [7, 11) is 0. The summed E-state index contributed by atoms with van der Waals surface area (Å²) in [6.07, 6.45) is 3.62. The Labute approximate surface area is 177 Å². The Morgan fingerprint density at radius 3 is 2.80 bits per heavy atom. The van der Waals surface area contributed by atoms with Crippen molar-refractivity contribution in [1.82, 2.24) is 10.6 Å². The normalized spacial score (nSPS) is 16.4. The van der Waals surface area contributed by atoms with Gasteiger partial charge in [0.1, 0.15) is 0 Å². The highest BCUT2D eigenvalue weighted by Gasteiger charge is 2.15. The van der Waals surface area contributed by atoms with E-state index in [9.17, 15) is 4.79 Å². The number of benzene rings is 1. The molecule has 1 saturated heterocycles. The summed E-state index contributed by atoms with van der Waals surface area (Å²) in [5.41, 5.74) is 1.76. The predicted molar refractivity (Wildman–Crippen MR) is 116 cm³/mol. The molecule has 1 amide bonds. The van der Waals surface area contributed by atoms with Gasteiger partial charge in [-0.05, 0) is 49.6 Å². The Hall–Kier alpha value is -2.84. The molecule has 1 aromatic carbocycles. The summed E-state index contributed by atoms with van der Waals surface area (Å²) in [4.78, 5) is 16.6. The molecule has 0 spiro atoms. The topological polar surface area (TPSA) is 97.1 Å². The summed E-state index contributed by atoms with van der Waals surface area (Å²) < 4.78 is 16.2. The first-order valence-electron chi connectivity index (χ1n) is 10.4. The zero-order valence-electron chi connectivity index (χ0n) is 17.4. The predicted octanol–water partition coefficient (Wildman–Crippen LogP) is 2.78. The van der Waals surface area contributed by atoms with Crippen molar-refractivity contribution in [3.05, 3.63) is 54.0 Å². The van der Waals surface area contributed by atoms with E-state index in [2.05, 4.69) is 20.9 Å². The third kappa shape index (κ3) is 7.20. The van der Waals surface area contributed by atoms with E-state index in [-0.39, 0.29) is 17.8 Å². The standard InChI is InChI=1S/C22H30N4O4/c1-2-23-22(24-11-4-13-29-19-10-14-28-16-19)25-15-17-6-8-18(9-7-17)26-21(27)20-5-3-12-30-20/h3,5-9,12,19H,2,4,10-11,13-16H2,1H3,(H,26,27)(H2,23,24,25). The van der Waals surface area contributed by atoms with Gasteiger partial charge in [0, 0.05) is 32.0 Å². The lowest BCUT2D eigenvalue weighted by Crippen LogP contribution is -2.38. The Morgan fingerprint density at radius 1 is 1.23 bits per heavy atom. The number of furan rings is 1. The van der Waals surface area contributed by atoms with Crippen molar-refractivity contribution in [3.8, 4) is 0 Å². The molecule has 0 radical (unpaired) electrons. The minimum Gasteiger partial charge on any atom is -0.459 e. The lowest BCUT2D eigenvalue weighted by molar-refractivity contribution is 0.0420.